The minimum atomic E-state index is -0.470. The summed E-state index contributed by atoms with van der Waals surface area (Å²) in [5.74, 6) is -0.470. The van der Waals surface area contributed by atoms with Gasteiger partial charge < -0.3 is 15.2 Å². The molecule has 1 saturated carbocycles. The molecule has 1 heterocycles. The Bertz CT molecular complexity index is 735. The van der Waals surface area contributed by atoms with E-state index in [1.165, 1.54) is 7.11 Å². The number of methoxy groups -OCH3 is 1. The Morgan fingerprint density at radius 1 is 1.35 bits per heavy atom. The third-order valence-electron chi connectivity index (χ3n) is 4.24. The van der Waals surface area contributed by atoms with Gasteiger partial charge >= 0.3 is 5.97 Å². The highest BCUT2D eigenvalue weighted by Crippen LogP contribution is 2.30. The number of nitrogens with one attached hydrogen (secondary N) is 1. The lowest BCUT2D eigenvalue weighted by Gasteiger charge is -2.29. The van der Waals surface area contributed by atoms with E-state index < -0.39 is 5.97 Å². The van der Waals surface area contributed by atoms with E-state index in [-0.39, 0.29) is 17.8 Å². The third kappa shape index (κ3) is 3.48. The Morgan fingerprint density at radius 2 is 2.13 bits per heavy atom. The van der Waals surface area contributed by atoms with Gasteiger partial charge in [0.2, 0.25) is 0 Å². The number of aromatic nitrogens is 1. The molecule has 2 aromatic rings. The van der Waals surface area contributed by atoms with Crippen LogP contribution >= 0.6 is 15.9 Å². The molecule has 0 spiro atoms. The predicted octanol–water partition coefficient (Wildman–Crippen LogP) is 3.50. The van der Waals surface area contributed by atoms with Gasteiger partial charge in [0.25, 0.3) is 0 Å². The number of halogens is 1. The second-order valence-electron chi connectivity index (χ2n) is 5.81. The molecule has 122 valence electrons. The number of rotatable bonds is 3. The summed E-state index contributed by atoms with van der Waals surface area (Å²) in [6.07, 6.45) is 3.47. The van der Waals surface area contributed by atoms with Crippen molar-refractivity contribution in [1.82, 2.24) is 4.98 Å². The van der Waals surface area contributed by atoms with Crippen LogP contribution in [0.5, 0.6) is 0 Å². The average Bonchev–Trinajstić information content (AvgIpc) is 2.56. The molecular formula is C17H19BrN2O3. The van der Waals surface area contributed by atoms with Crippen molar-refractivity contribution in [2.75, 3.05) is 12.4 Å². The summed E-state index contributed by atoms with van der Waals surface area (Å²) in [6, 6.07) is 7.38. The van der Waals surface area contributed by atoms with Gasteiger partial charge in [0, 0.05) is 15.5 Å². The first kappa shape index (κ1) is 16.2. The smallest absolute Gasteiger partial charge is 0.356 e. The van der Waals surface area contributed by atoms with E-state index >= 15 is 0 Å². The fourth-order valence-electron chi connectivity index (χ4n) is 3.01. The molecule has 0 unspecified atom stereocenters. The molecule has 0 amide bonds. The summed E-state index contributed by atoms with van der Waals surface area (Å²) >= 11 is 3.47. The highest BCUT2D eigenvalue weighted by atomic mass is 79.9. The number of anilines is 1. The highest BCUT2D eigenvalue weighted by Gasteiger charge is 2.24. The molecule has 0 saturated heterocycles. The minimum Gasteiger partial charge on any atom is -0.464 e. The zero-order valence-electron chi connectivity index (χ0n) is 12.9. The lowest BCUT2D eigenvalue weighted by Crippen LogP contribution is -2.36. The number of carbonyl (C=O) groups is 1. The van der Waals surface area contributed by atoms with Crippen LogP contribution in [0.15, 0.2) is 28.7 Å². The van der Waals surface area contributed by atoms with Gasteiger partial charge in [0.1, 0.15) is 0 Å². The molecule has 1 aromatic carbocycles. The summed E-state index contributed by atoms with van der Waals surface area (Å²) in [7, 11) is 1.34. The normalized spacial score (nSPS) is 21.2. The lowest BCUT2D eigenvalue weighted by atomic mass is 9.92. The van der Waals surface area contributed by atoms with Crippen molar-refractivity contribution in [3.63, 3.8) is 0 Å². The van der Waals surface area contributed by atoms with E-state index in [2.05, 4.69) is 26.2 Å². The number of benzene rings is 1. The minimum absolute atomic E-state index is 0.0150. The maximum absolute atomic E-state index is 11.9. The number of fused-ring (bicyclic) bond motifs is 1. The molecule has 23 heavy (non-hydrogen) atoms. The van der Waals surface area contributed by atoms with Crippen LogP contribution in [-0.2, 0) is 4.74 Å². The Labute approximate surface area is 143 Å². The summed E-state index contributed by atoms with van der Waals surface area (Å²) in [6.45, 7) is 0. The van der Waals surface area contributed by atoms with E-state index in [1.807, 2.05) is 18.2 Å². The second kappa shape index (κ2) is 6.84. The Kier molecular flexibility index (Phi) is 4.82. The number of hydrogen-bond acceptors (Lipinski definition) is 5. The topological polar surface area (TPSA) is 71.5 Å². The number of ether oxygens (including phenoxy) is 1. The number of pyridine rings is 1. The number of nitrogens with zero attached hydrogens (tertiary/aromatic N) is 1. The van der Waals surface area contributed by atoms with Gasteiger partial charge in [-0.3, -0.25) is 0 Å². The Balaban J connectivity index is 2.04. The van der Waals surface area contributed by atoms with Gasteiger partial charge in [-0.15, -0.1) is 0 Å². The molecule has 1 aliphatic rings. The summed E-state index contributed by atoms with van der Waals surface area (Å²) in [5, 5.41) is 14.5. The van der Waals surface area contributed by atoms with E-state index in [9.17, 15) is 9.90 Å². The van der Waals surface area contributed by atoms with Crippen LogP contribution in [0.1, 0.15) is 36.2 Å². The molecule has 1 aliphatic carbocycles. The third-order valence-corrected chi connectivity index (χ3v) is 4.73. The largest absolute Gasteiger partial charge is 0.464 e. The first-order chi connectivity index (χ1) is 11.1. The standard InChI is InChI=1S/C17H19BrN2O3/c1-23-17(22)15-9-14(20-13-4-2-3-5-16(13)21)11-8-10(18)6-7-12(11)19-15/h6-9,13,16,21H,2-5H2,1H3,(H,19,20)/t13-,16-/m0/s1. The fourth-order valence-corrected chi connectivity index (χ4v) is 3.37. The van der Waals surface area contributed by atoms with Crippen LogP contribution in [0.4, 0.5) is 5.69 Å². The van der Waals surface area contributed by atoms with Crippen molar-refractivity contribution < 1.29 is 14.6 Å². The quantitative estimate of drug-likeness (QED) is 0.799. The van der Waals surface area contributed by atoms with Gasteiger partial charge in [-0.2, -0.15) is 0 Å². The van der Waals surface area contributed by atoms with Crippen molar-refractivity contribution in [2.24, 2.45) is 0 Å². The van der Waals surface area contributed by atoms with Gasteiger partial charge in [-0.05, 0) is 37.1 Å². The molecule has 6 heteroatoms. The second-order valence-corrected chi connectivity index (χ2v) is 6.73. The molecule has 0 radical (unpaired) electrons. The molecule has 1 aromatic heterocycles. The van der Waals surface area contributed by atoms with E-state index in [0.717, 1.165) is 41.2 Å². The number of aliphatic hydroxyl groups excluding tert-OH is 1. The van der Waals surface area contributed by atoms with E-state index in [1.54, 1.807) is 6.07 Å². The Morgan fingerprint density at radius 3 is 2.87 bits per heavy atom. The number of hydrogen-bond donors (Lipinski definition) is 2. The summed E-state index contributed by atoms with van der Waals surface area (Å²) in [5.41, 5.74) is 1.77. The van der Waals surface area contributed by atoms with Crippen LogP contribution in [0.2, 0.25) is 0 Å². The fraction of sp³-hybridized carbons (Fsp3) is 0.412. The number of carbonyl (C=O) groups excluding carboxylic acids is 1. The SMILES string of the molecule is COC(=O)c1cc(N[C@H]2CCCC[C@@H]2O)c2cc(Br)ccc2n1. The molecule has 1 fully saturated rings. The number of esters is 1. The molecule has 0 bridgehead atoms. The average molecular weight is 379 g/mol. The van der Waals surface area contributed by atoms with Gasteiger partial charge in [-0.1, -0.05) is 28.8 Å². The summed E-state index contributed by atoms with van der Waals surface area (Å²) in [4.78, 5) is 16.2. The maximum atomic E-state index is 11.9. The van der Waals surface area contributed by atoms with Crippen molar-refractivity contribution in [3.8, 4) is 0 Å². The van der Waals surface area contributed by atoms with Crippen molar-refractivity contribution in [2.45, 2.75) is 37.8 Å². The first-order valence-corrected chi connectivity index (χ1v) is 8.51. The number of aliphatic hydroxyl groups is 1. The van der Waals surface area contributed by atoms with Crippen molar-refractivity contribution >= 4 is 38.5 Å². The van der Waals surface area contributed by atoms with Gasteiger partial charge in [0.05, 0.1) is 24.8 Å². The highest BCUT2D eigenvalue weighted by molar-refractivity contribution is 9.10. The lowest BCUT2D eigenvalue weighted by molar-refractivity contribution is 0.0594. The maximum Gasteiger partial charge on any atom is 0.356 e. The monoisotopic (exact) mass is 378 g/mol. The Hall–Kier alpha value is -1.66. The molecule has 3 rings (SSSR count). The van der Waals surface area contributed by atoms with Gasteiger partial charge in [0.15, 0.2) is 5.69 Å². The molecular weight excluding hydrogens is 360 g/mol. The van der Waals surface area contributed by atoms with Crippen LogP contribution in [-0.4, -0.2) is 35.3 Å². The van der Waals surface area contributed by atoms with E-state index in [0.29, 0.717) is 5.52 Å². The molecule has 0 aliphatic heterocycles. The van der Waals surface area contributed by atoms with Crippen molar-refractivity contribution in [3.05, 3.63) is 34.4 Å². The van der Waals surface area contributed by atoms with Crippen molar-refractivity contribution in [1.29, 1.82) is 0 Å². The van der Waals surface area contributed by atoms with Crippen LogP contribution < -0.4 is 5.32 Å². The summed E-state index contributed by atoms with van der Waals surface area (Å²) < 4.78 is 5.72. The van der Waals surface area contributed by atoms with Crippen LogP contribution in [0, 0.1) is 0 Å². The first-order valence-electron chi connectivity index (χ1n) is 7.71. The zero-order valence-corrected chi connectivity index (χ0v) is 14.5. The molecule has 2 N–H and O–H groups in total. The molecule has 2 atom stereocenters. The molecule has 5 nitrogen and oxygen atoms in total. The predicted molar refractivity (Wildman–Crippen MR) is 92.7 cm³/mol. The van der Waals surface area contributed by atoms with Crippen LogP contribution in [0.3, 0.4) is 0 Å². The van der Waals surface area contributed by atoms with E-state index in [4.69, 9.17) is 4.74 Å². The van der Waals surface area contributed by atoms with Gasteiger partial charge in [-0.25, -0.2) is 9.78 Å². The van der Waals surface area contributed by atoms with Crippen LogP contribution in [0.25, 0.3) is 10.9 Å². The zero-order chi connectivity index (χ0) is 16.4.